The van der Waals surface area contributed by atoms with Gasteiger partial charge in [-0.15, -0.1) is 0 Å². The summed E-state index contributed by atoms with van der Waals surface area (Å²) in [6.45, 7) is 1.36. The summed E-state index contributed by atoms with van der Waals surface area (Å²) in [7, 11) is 0. The van der Waals surface area contributed by atoms with Crippen molar-refractivity contribution in [3.63, 3.8) is 0 Å². The van der Waals surface area contributed by atoms with Crippen LogP contribution in [0, 0.1) is 5.92 Å². The second-order valence-electron chi connectivity index (χ2n) is 6.14. The monoisotopic (exact) mass is 322 g/mol. The van der Waals surface area contributed by atoms with Crippen LogP contribution in [0.3, 0.4) is 0 Å². The average molecular weight is 322 g/mol. The lowest BCUT2D eigenvalue weighted by molar-refractivity contribution is -0.142. The number of hydrogen-bond donors (Lipinski definition) is 2. The average Bonchev–Trinajstić information content (AvgIpc) is 2.46. The Labute approximate surface area is 134 Å². The molecule has 3 N–H and O–H groups in total. The van der Waals surface area contributed by atoms with Crippen LogP contribution in [0.25, 0.3) is 0 Å². The smallest absolute Gasteiger partial charge is 0.306 e. The van der Waals surface area contributed by atoms with E-state index in [1.54, 1.807) is 24.3 Å². The van der Waals surface area contributed by atoms with E-state index in [4.69, 9.17) is 10.5 Å². The van der Waals surface area contributed by atoms with Crippen molar-refractivity contribution in [2.24, 2.45) is 11.7 Å². The maximum atomic E-state index is 12.7. The third-order valence-electron chi connectivity index (χ3n) is 4.16. The van der Waals surface area contributed by atoms with Crippen molar-refractivity contribution in [1.29, 1.82) is 0 Å². The van der Waals surface area contributed by atoms with Crippen LogP contribution in [0.15, 0.2) is 24.3 Å². The number of carboxylic acid groups (broad SMARTS) is 1. The van der Waals surface area contributed by atoms with Crippen LogP contribution in [-0.4, -0.2) is 35.2 Å². The van der Waals surface area contributed by atoms with Gasteiger partial charge in [0.25, 0.3) is 0 Å². The van der Waals surface area contributed by atoms with Gasteiger partial charge in [-0.3, -0.25) is 9.59 Å². The van der Waals surface area contributed by atoms with Gasteiger partial charge in [0.15, 0.2) is 0 Å². The highest BCUT2D eigenvalue weighted by Crippen LogP contribution is 2.28. The number of alkyl halides is 1. The highest BCUT2D eigenvalue weighted by Gasteiger charge is 2.30. The summed E-state index contributed by atoms with van der Waals surface area (Å²) in [5.74, 6) is -1.24. The Balaban J connectivity index is 1.92. The van der Waals surface area contributed by atoms with E-state index in [-0.39, 0.29) is 18.3 Å². The van der Waals surface area contributed by atoms with Gasteiger partial charge in [-0.1, -0.05) is 12.1 Å². The van der Waals surface area contributed by atoms with Crippen LogP contribution < -0.4 is 10.5 Å². The van der Waals surface area contributed by atoms with Gasteiger partial charge in [-0.05, 0) is 37.5 Å². The van der Waals surface area contributed by atoms with Crippen molar-refractivity contribution in [3.8, 4) is 5.75 Å². The topological polar surface area (TPSA) is 89.6 Å². The van der Waals surface area contributed by atoms with Gasteiger partial charge < -0.3 is 15.6 Å². The van der Waals surface area contributed by atoms with Crippen LogP contribution in [0.2, 0.25) is 0 Å². The van der Waals surface area contributed by atoms with Gasteiger partial charge in [0, 0.05) is 12.8 Å². The van der Waals surface area contributed by atoms with Gasteiger partial charge in [0.05, 0.1) is 12.0 Å². The molecule has 1 aromatic rings. The Kier molecular flexibility index (Phi) is 5.71. The quantitative estimate of drug-likeness (QED) is 0.765. The van der Waals surface area contributed by atoms with E-state index in [0.717, 1.165) is 5.56 Å². The van der Waals surface area contributed by atoms with Crippen molar-refractivity contribution in [2.45, 2.75) is 50.9 Å². The minimum absolute atomic E-state index is 0.0730. The minimum atomic E-state index is -0.967. The summed E-state index contributed by atoms with van der Waals surface area (Å²) in [5.41, 5.74) is 6.49. The molecule has 1 aliphatic carbocycles. The number of carbonyl (C=O) groups excluding carboxylic acids is 1. The molecule has 0 aliphatic heterocycles. The highest BCUT2D eigenvalue weighted by molar-refractivity contribution is 5.82. The van der Waals surface area contributed by atoms with Gasteiger partial charge in [-0.25, -0.2) is 4.39 Å². The lowest BCUT2D eigenvalue weighted by atomic mass is 9.91. The van der Waals surface area contributed by atoms with E-state index in [1.807, 2.05) is 0 Å². The molecule has 5 nitrogen and oxygen atoms in total. The molecule has 2 atom stereocenters. The van der Waals surface area contributed by atoms with Crippen molar-refractivity contribution >= 4 is 11.8 Å². The van der Waals surface area contributed by atoms with Gasteiger partial charge in [-0.2, -0.15) is 0 Å². The maximum Gasteiger partial charge on any atom is 0.306 e. The van der Waals surface area contributed by atoms with Crippen LogP contribution in [-0.2, 0) is 16.0 Å². The fraction of sp³-hybridized carbons (Fsp3) is 0.529. The van der Waals surface area contributed by atoms with E-state index < -0.39 is 24.1 Å². The predicted molar refractivity (Wildman–Crippen MR) is 83.1 cm³/mol. The number of Topliss-reactive ketones (excluding diaryl/α,β-unsaturated/α-hetero) is 1. The molecule has 23 heavy (non-hydrogen) atoms. The predicted octanol–water partition coefficient (Wildman–Crippen LogP) is 2.12. The van der Waals surface area contributed by atoms with Crippen LogP contribution in [0.4, 0.5) is 4.39 Å². The number of hydrogen-bond acceptors (Lipinski definition) is 4. The Morgan fingerprint density at radius 1 is 1.35 bits per heavy atom. The third kappa shape index (κ3) is 5.03. The van der Waals surface area contributed by atoms with E-state index >= 15 is 0 Å². The molecule has 0 saturated heterocycles. The third-order valence-corrected chi connectivity index (χ3v) is 4.16. The molecule has 1 saturated carbocycles. The summed E-state index contributed by atoms with van der Waals surface area (Å²) in [4.78, 5) is 22.5. The first kappa shape index (κ1) is 17.4. The summed E-state index contributed by atoms with van der Waals surface area (Å²) < 4.78 is 18.3. The minimum Gasteiger partial charge on any atom is -0.490 e. The molecular formula is C17H22FNO4. The number of carboxylic acids is 1. The fourth-order valence-electron chi connectivity index (χ4n) is 2.52. The Morgan fingerprint density at radius 2 is 1.96 bits per heavy atom. The molecule has 1 fully saturated rings. The van der Waals surface area contributed by atoms with Crippen molar-refractivity contribution < 1.29 is 23.8 Å². The molecule has 1 aromatic carbocycles. The number of nitrogens with two attached hydrogens (primary N) is 1. The number of carbonyl (C=O) groups is 2. The first-order valence-electron chi connectivity index (χ1n) is 7.73. The van der Waals surface area contributed by atoms with E-state index in [2.05, 4.69) is 0 Å². The fourth-order valence-corrected chi connectivity index (χ4v) is 2.52. The Hall–Kier alpha value is -1.95. The molecule has 0 amide bonds. The lowest BCUT2D eigenvalue weighted by Crippen LogP contribution is -2.34. The largest absolute Gasteiger partial charge is 0.490 e. The van der Waals surface area contributed by atoms with Gasteiger partial charge in [0.1, 0.15) is 23.8 Å². The number of benzene rings is 1. The second-order valence-corrected chi connectivity index (χ2v) is 6.14. The maximum absolute atomic E-state index is 12.7. The van der Waals surface area contributed by atoms with Crippen LogP contribution in [0.1, 0.15) is 31.7 Å². The zero-order valence-electron chi connectivity index (χ0n) is 13.1. The zero-order valence-corrected chi connectivity index (χ0v) is 13.1. The Bertz CT molecular complexity index is 554. The number of ether oxygens (including phenoxy) is 1. The lowest BCUT2D eigenvalue weighted by Gasteiger charge is -2.30. The summed E-state index contributed by atoms with van der Waals surface area (Å²) in [6, 6.07) is 6.33. The molecule has 126 valence electrons. The van der Waals surface area contributed by atoms with Crippen LogP contribution >= 0.6 is 0 Å². The normalized spacial score (nSPS) is 22.7. The molecule has 0 unspecified atom stereocenters. The highest BCUT2D eigenvalue weighted by atomic mass is 18.2. The molecule has 0 bridgehead atoms. The molecule has 6 heteroatoms. The van der Waals surface area contributed by atoms with E-state index in [9.17, 15) is 19.1 Å². The second kappa shape index (κ2) is 7.55. The summed E-state index contributed by atoms with van der Waals surface area (Å²) in [6.07, 6.45) is 0.421. The number of ketones is 1. The molecule has 0 aromatic heterocycles. The number of halogens is 1. The van der Waals surface area contributed by atoms with Crippen molar-refractivity contribution in [2.75, 3.05) is 0 Å². The number of rotatable bonds is 8. The number of aliphatic carboxylic acids is 1. The first-order chi connectivity index (χ1) is 10.8. The molecule has 0 spiro atoms. The van der Waals surface area contributed by atoms with Crippen molar-refractivity contribution in [1.82, 2.24) is 0 Å². The molecule has 0 radical (unpaired) electrons. The SMILES string of the molecule is CC(=O)[C@@H](N)C[C@H](Cc1ccc(OC2CC([18F])C2)cc1)C(=O)O. The van der Waals surface area contributed by atoms with Crippen LogP contribution in [0.5, 0.6) is 5.75 Å². The van der Waals surface area contributed by atoms with E-state index in [1.165, 1.54) is 6.92 Å². The van der Waals surface area contributed by atoms with Gasteiger partial charge >= 0.3 is 5.97 Å². The zero-order chi connectivity index (χ0) is 17.0. The Morgan fingerprint density at radius 3 is 2.43 bits per heavy atom. The molecule has 1 aliphatic rings. The van der Waals surface area contributed by atoms with Crippen molar-refractivity contribution in [3.05, 3.63) is 29.8 Å². The molecular weight excluding hydrogens is 300 g/mol. The van der Waals surface area contributed by atoms with E-state index in [0.29, 0.717) is 25.0 Å². The molecule has 0 heterocycles. The molecule has 2 rings (SSSR count). The first-order valence-corrected chi connectivity index (χ1v) is 7.73. The standard InChI is InChI=1S/C17H22FNO4/c1-10(20)16(19)7-12(17(21)22)6-11-2-4-14(5-3-11)23-15-8-13(18)9-15/h2-5,12-13,15-16H,6-9,19H2,1H3,(H,21,22)/t12-,13?,15?,16-/m0/s1/i18-1. The van der Waals surface area contributed by atoms with Gasteiger partial charge in [0.2, 0.25) is 0 Å². The summed E-state index contributed by atoms with van der Waals surface area (Å²) >= 11 is 0. The summed E-state index contributed by atoms with van der Waals surface area (Å²) in [5, 5.41) is 9.28.